The third-order valence-electron chi connectivity index (χ3n) is 15.1. The molecule has 252 valence electrons. The van der Waals surface area contributed by atoms with Crippen molar-refractivity contribution in [2.75, 3.05) is 54.0 Å². The fraction of sp³-hybridized carbons (Fsp3) is 1.00. The van der Waals surface area contributed by atoms with Crippen LogP contribution in [0.5, 0.6) is 0 Å². The lowest BCUT2D eigenvalue weighted by molar-refractivity contribution is -0.218. The molecular formula is C36H62N2O6. The number of likely N-dealkylation sites (N-methyl/N-ethyl adjacent to an activating group) is 1. The van der Waals surface area contributed by atoms with Gasteiger partial charge >= 0.3 is 0 Å². The minimum absolute atomic E-state index is 0.0724. The van der Waals surface area contributed by atoms with Crippen molar-refractivity contribution in [1.29, 1.82) is 0 Å². The van der Waals surface area contributed by atoms with E-state index in [9.17, 15) is 10.2 Å². The van der Waals surface area contributed by atoms with Gasteiger partial charge in [0.05, 0.1) is 36.6 Å². The first kappa shape index (κ1) is 32.2. The Bertz CT molecular complexity index is 1070. The van der Waals surface area contributed by atoms with E-state index >= 15 is 0 Å². The van der Waals surface area contributed by atoms with Crippen molar-refractivity contribution in [3.8, 4) is 0 Å². The van der Waals surface area contributed by atoms with Gasteiger partial charge in [-0.3, -0.25) is 4.90 Å². The molecule has 8 heteroatoms. The van der Waals surface area contributed by atoms with Crippen molar-refractivity contribution in [2.45, 2.75) is 134 Å². The van der Waals surface area contributed by atoms with E-state index in [2.05, 4.69) is 37.7 Å². The van der Waals surface area contributed by atoms with Gasteiger partial charge in [0, 0.05) is 38.7 Å². The fourth-order valence-corrected chi connectivity index (χ4v) is 12.8. The largest absolute Gasteiger partial charge is 0.390 e. The SMILES string of the molecule is CO[C@@H]([C@H]1CC[C@H]2[C@H](O1)[C@H](O)[C@@]1(C)[C@@H]3CC[C@H]4C[C@@H](O[C@H]5CN(CCN(C)C)CCO5)CCC45C[C@@]35CC[C@]21C)C(C)(C)O. The molecule has 7 rings (SSSR count). The molecule has 8 nitrogen and oxygen atoms in total. The lowest BCUT2D eigenvalue weighted by atomic mass is 9.43. The van der Waals surface area contributed by atoms with Gasteiger partial charge in [0.25, 0.3) is 0 Å². The van der Waals surface area contributed by atoms with Crippen LogP contribution in [0.15, 0.2) is 0 Å². The summed E-state index contributed by atoms with van der Waals surface area (Å²) in [5, 5.41) is 23.2. The van der Waals surface area contributed by atoms with Crippen molar-refractivity contribution in [1.82, 2.24) is 9.80 Å². The zero-order valence-electron chi connectivity index (χ0n) is 28.7. The van der Waals surface area contributed by atoms with Gasteiger partial charge in [-0.15, -0.1) is 0 Å². The number of rotatable bonds is 8. The van der Waals surface area contributed by atoms with Crippen LogP contribution in [0.25, 0.3) is 0 Å². The van der Waals surface area contributed by atoms with Crippen molar-refractivity contribution in [2.24, 2.45) is 39.4 Å². The van der Waals surface area contributed by atoms with Crippen molar-refractivity contribution >= 4 is 0 Å². The molecule has 13 atom stereocenters. The maximum absolute atomic E-state index is 12.3. The first-order valence-electron chi connectivity index (χ1n) is 18.0. The Morgan fingerprint density at radius 1 is 1.05 bits per heavy atom. The first-order chi connectivity index (χ1) is 20.8. The summed E-state index contributed by atoms with van der Waals surface area (Å²) in [7, 11) is 5.95. The molecule has 7 aliphatic rings. The summed E-state index contributed by atoms with van der Waals surface area (Å²) in [5.41, 5.74) is -0.264. The highest BCUT2D eigenvalue weighted by Gasteiger charge is 2.83. The van der Waals surface area contributed by atoms with Crippen LogP contribution in [0.2, 0.25) is 0 Å². The molecule has 5 aliphatic carbocycles. The van der Waals surface area contributed by atoms with E-state index < -0.39 is 17.8 Å². The van der Waals surface area contributed by atoms with Crippen LogP contribution >= 0.6 is 0 Å². The van der Waals surface area contributed by atoms with Crippen LogP contribution in [0.1, 0.15) is 91.9 Å². The van der Waals surface area contributed by atoms with Crippen molar-refractivity contribution < 1.29 is 29.2 Å². The predicted molar refractivity (Wildman–Crippen MR) is 169 cm³/mol. The normalized spacial score (nSPS) is 51.1. The topological polar surface area (TPSA) is 83.9 Å². The van der Waals surface area contributed by atoms with Gasteiger partial charge in [-0.2, -0.15) is 0 Å². The molecule has 2 spiro atoms. The molecule has 0 radical (unpaired) electrons. The molecule has 2 aliphatic heterocycles. The molecule has 0 bridgehead atoms. The average molecular weight is 619 g/mol. The number of hydrogen-bond donors (Lipinski definition) is 2. The molecule has 0 aromatic carbocycles. The molecule has 0 aromatic rings. The Morgan fingerprint density at radius 2 is 1.84 bits per heavy atom. The Morgan fingerprint density at radius 3 is 2.57 bits per heavy atom. The predicted octanol–water partition coefficient (Wildman–Crippen LogP) is 4.31. The van der Waals surface area contributed by atoms with Gasteiger partial charge in [0.1, 0.15) is 6.10 Å². The van der Waals surface area contributed by atoms with E-state index in [0.29, 0.717) is 28.8 Å². The van der Waals surface area contributed by atoms with E-state index in [-0.39, 0.29) is 29.3 Å². The average Bonchev–Trinajstić information content (AvgIpc) is 3.61. The summed E-state index contributed by atoms with van der Waals surface area (Å²) < 4.78 is 25.4. The van der Waals surface area contributed by atoms with Crippen LogP contribution in [0.3, 0.4) is 0 Å². The Hall–Kier alpha value is -0.320. The van der Waals surface area contributed by atoms with Crippen LogP contribution in [0, 0.1) is 39.4 Å². The molecule has 2 N–H and O–H groups in total. The Labute approximate surface area is 266 Å². The minimum atomic E-state index is -0.990. The lowest BCUT2D eigenvalue weighted by Crippen LogP contribution is -2.57. The summed E-state index contributed by atoms with van der Waals surface area (Å²) in [4.78, 5) is 4.74. The minimum Gasteiger partial charge on any atom is -0.390 e. The monoisotopic (exact) mass is 618 g/mol. The smallest absolute Gasteiger partial charge is 0.170 e. The van der Waals surface area contributed by atoms with E-state index in [1.807, 2.05) is 13.8 Å². The number of methoxy groups -OCH3 is 1. The number of morpholine rings is 1. The van der Waals surface area contributed by atoms with Gasteiger partial charge in [0.15, 0.2) is 6.29 Å². The Kier molecular flexibility index (Phi) is 8.14. The molecule has 0 amide bonds. The van der Waals surface area contributed by atoms with Gasteiger partial charge in [-0.05, 0) is 126 Å². The quantitative estimate of drug-likeness (QED) is 0.417. The van der Waals surface area contributed by atoms with Crippen LogP contribution in [-0.2, 0) is 18.9 Å². The van der Waals surface area contributed by atoms with Crippen molar-refractivity contribution in [3.05, 3.63) is 0 Å². The van der Waals surface area contributed by atoms with E-state index in [4.69, 9.17) is 18.9 Å². The summed E-state index contributed by atoms with van der Waals surface area (Å²) in [6, 6.07) is 0. The molecular weight excluding hydrogens is 556 g/mol. The molecule has 5 saturated carbocycles. The number of nitrogens with zero attached hydrogens (tertiary/aromatic N) is 2. The summed E-state index contributed by atoms with van der Waals surface area (Å²) in [6.45, 7) is 13.3. The number of fused-ring (bicyclic) bond motifs is 4. The standard InChI is InChI=1S/C36H62N2O6/c1-32(2,40)31(41-7)26-10-9-25-29(44-26)30(39)34(4)27-11-8-23-20-24(43-28-21-38(18-19-42-28)17-16-37(5)6)12-13-35(23)22-36(27,35)15-14-33(25,34)3/h23-31,39-40H,8-22H2,1-7H3/t23-,24-,25-,26+,27-,28-,29-,30-,31-,33+,34+,35?,36-/m0/s1. The highest BCUT2D eigenvalue weighted by Crippen LogP contribution is 2.88. The lowest BCUT2D eigenvalue weighted by Gasteiger charge is -2.61. The van der Waals surface area contributed by atoms with E-state index in [1.165, 1.54) is 44.9 Å². The molecule has 1 unspecified atom stereocenters. The molecule has 2 heterocycles. The molecule has 0 aromatic heterocycles. The highest BCUT2D eigenvalue weighted by molar-refractivity contribution is 5.31. The second kappa shape index (κ2) is 11.1. The van der Waals surface area contributed by atoms with Gasteiger partial charge in [0.2, 0.25) is 0 Å². The summed E-state index contributed by atoms with van der Waals surface area (Å²) >= 11 is 0. The van der Waals surface area contributed by atoms with Crippen LogP contribution in [0.4, 0.5) is 0 Å². The second-order valence-corrected chi connectivity index (χ2v) is 17.5. The molecule has 44 heavy (non-hydrogen) atoms. The Balaban J connectivity index is 1.04. The van der Waals surface area contributed by atoms with E-state index in [0.717, 1.165) is 58.0 Å². The maximum atomic E-state index is 12.3. The number of aliphatic hydroxyl groups excluding tert-OH is 1. The fourth-order valence-electron chi connectivity index (χ4n) is 12.8. The highest BCUT2D eigenvalue weighted by atomic mass is 16.7. The van der Waals surface area contributed by atoms with Gasteiger partial charge < -0.3 is 34.1 Å². The van der Waals surface area contributed by atoms with Crippen molar-refractivity contribution in [3.63, 3.8) is 0 Å². The zero-order valence-corrected chi connectivity index (χ0v) is 28.7. The number of hydrogen-bond acceptors (Lipinski definition) is 8. The molecule has 2 saturated heterocycles. The third kappa shape index (κ3) is 4.66. The second-order valence-electron chi connectivity index (χ2n) is 17.5. The summed E-state index contributed by atoms with van der Waals surface area (Å²) in [6.07, 6.45) is 10.8. The first-order valence-corrected chi connectivity index (χ1v) is 18.0. The maximum Gasteiger partial charge on any atom is 0.170 e. The van der Waals surface area contributed by atoms with Crippen LogP contribution in [-0.4, -0.2) is 116 Å². The van der Waals surface area contributed by atoms with Gasteiger partial charge in [-0.25, -0.2) is 0 Å². The molecule has 7 fully saturated rings. The van der Waals surface area contributed by atoms with Gasteiger partial charge in [-0.1, -0.05) is 13.8 Å². The zero-order chi connectivity index (χ0) is 31.3. The third-order valence-corrected chi connectivity index (χ3v) is 15.1. The number of ether oxygens (including phenoxy) is 4. The summed E-state index contributed by atoms with van der Waals surface area (Å²) in [5.74, 6) is 1.64. The number of aliphatic hydroxyl groups is 2. The van der Waals surface area contributed by atoms with Crippen LogP contribution < -0.4 is 0 Å². The van der Waals surface area contributed by atoms with E-state index in [1.54, 1.807) is 7.11 Å².